The van der Waals surface area contributed by atoms with Crippen LogP contribution in [0.2, 0.25) is 0 Å². The lowest BCUT2D eigenvalue weighted by Gasteiger charge is -2.32. The number of methoxy groups -OCH3 is 1. The SMILES string of the molecule is COc1ccc(I)c(Sc2nc3c(N)nccc3n2CCC2CCN(C(=O)[C@@H](C)O)CC2)c1. The number of ether oxygens (including phenoxy) is 1. The molecule has 1 atom stereocenters. The number of fused-ring (bicyclic) bond motifs is 1. The van der Waals surface area contributed by atoms with E-state index in [0.717, 1.165) is 56.2 Å². The predicted molar refractivity (Wildman–Crippen MR) is 137 cm³/mol. The highest BCUT2D eigenvalue weighted by molar-refractivity contribution is 14.1. The summed E-state index contributed by atoms with van der Waals surface area (Å²) in [6.07, 6.45) is 3.64. The van der Waals surface area contributed by atoms with Crippen molar-refractivity contribution >= 4 is 57.1 Å². The predicted octanol–water partition coefficient (Wildman–Crippen LogP) is 3.79. The second-order valence-electron chi connectivity index (χ2n) is 8.24. The van der Waals surface area contributed by atoms with Crippen LogP contribution in [0.4, 0.5) is 5.82 Å². The third-order valence-corrected chi connectivity index (χ3v) is 8.40. The number of aliphatic hydroxyl groups excluding tert-OH is 1. The van der Waals surface area contributed by atoms with Gasteiger partial charge in [0.15, 0.2) is 11.0 Å². The Morgan fingerprint density at radius 3 is 2.82 bits per heavy atom. The van der Waals surface area contributed by atoms with Gasteiger partial charge in [-0.2, -0.15) is 0 Å². The number of aromatic nitrogens is 3. The van der Waals surface area contributed by atoms with Gasteiger partial charge in [-0.15, -0.1) is 0 Å². The molecule has 1 aliphatic heterocycles. The molecule has 0 aliphatic carbocycles. The summed E-state index contributed by atoms with van der Waals surface area (Å²) in [4.78, 5) is 23.9. The molecule has 1 amide bonds. The monoisotopic (exact) mass is 581 g/mol. The van der Waals surface area contributed by atoms with Crippen LogP contribution in [-0.2, 0) is 11.3 Å². The van der Waals surface area contributed by atoms with Crippen molar-refractivity contribution in [1.82, 2.24) is 19.4 Å². The summed E-state index contributed by atoms with van der Waals surface area (Å²) in [6.45, 7) is 3.72. The van der Waals surface area contributed by atoms with E-state index in [4.69, 9.17) is 15.5 Å². The van der Waals surface area contributed by atoms with E-state index in [1.165, 1.54) is 6.92 Å². The number of anilines is 1. The molecule has 0 spiro atoms. The van der Waals surface area contributed by atoms with Gasteiger partial charge in [0.25, 0.3) is 5.91 Å². The molecule has 176 valence electrons. The molecule has 8 nitrogen and oxygen atoms in total. The van der Waals surface area contributed by atoms with Gasteiger partial charge in [-0.1, -0.05) is 11.8 Å². The molecule has 10 heteroatoms. The number of pyridine rings is 1. The molecule has 3 heterocycles. The molecular formula is C23H28IN5O3S. The van der Waals surface area contributed by atoms with E-state index >= 15 is 0 Å². The summed E-state index contributed by atoms with van der Waals surface area (Å²) in [6, 6.07) is 7.97. The zero-order valence-electron chi connectivity index (χ0n) is 18.7. The molecule has 3 N–H and O–H groups in total. The molecule has 0 saturated carbocycles. The Bertz CT molecular complexity index is 1140. The molecule has 4 rings (SSSR count). The number of nitrogens with zero attached hydrogens (tertiary/aromatic N) is 4. The van der Waals surface area contributed by atoms with Crippen molar-refractivity contribution < 1.29 is 14.6 Å². The summed E-state index contributed by atoms with van der Waals surface area (Å²) in [5.41, 5.74) is 7.83. The molecule has 2 aromatic heterocycles. The van der Waals surface area contributed by atoms with Crippen molar-refractivity contribution in [3.63, 3.8) is 0 Å². The standard InChI is InChI=1S/C23H28IN5O3S/c1-14(30)22(31)28-10-6-15(7-11-28)8-12-29-18-5-9-26-21(25)20(18)27-23(29)33-19-13-16(32-2)3-4-17(19)24/h3-5,9,13-15,30H,6-8,10-12H2,1-2H3,(H2,25,26)/t14-/m1/s1. The van der Waals surface area contributed by atoms with E-state index in [2.05, 4.69) is 32.1 Å². The number of carbonyl (C=O) groups is 1. The molecule has 0 unspecified atom stereocenters. The Kier molecular flexibility index (Phi) is 7.65. The number of amides is 1. The number of aryl methyl sites for hydroxylation is 1. The van der Waals surface area contributed by atoms with Gasteiger partial charge in [0, 0.05) is 34.3 Å². The quantitative estimate of drug-likeness (QED) is 0.409. The Labute approximate surface area is 211 Å². The van der Waals surface area contributed by atoms with Gasteiger partial charge in [-0.3, -0.25) is 4.79 Å². The average molecular weight is 581 g/mol. The summed E-state index contributed by atoms with van der Waals surface area (Å²) in [5.74, 6) is 1.57. The fourth-order valence-corrected chi connectivity index (χ4v) is 5.79. The Hall–Kier alpha value is -2.05. The smallest absolute Gasteiger partial charge is 0.251 e. The molecule has 1 fully saturated rings. The van der Waals surface area contributed by atoms with Gasteiger partial charge in [0.2, 0.25) is 0 Å². The van der Waals surface area contributed by atoms with Crippen LogP contribution in [0.1, 0.15) is 26.2 Å². The lowest BCUT2D eigenvalue weighted by atomic mass is 9.93. The lowest BCUT2D eigenvalue weighted by molar-refractivity contribution is -0.140. The number of nitrogen functional groups attached to an aromatic ring is 1. The minimum atomic E-state index is -0.933. The van der Waals surface area contributed by atoms with Crippen molar-refractivity contribution in [2.24, 2.45) is 5.92 Å². The number of hydrogen-bond donors (Lipinski definition) is 2. The Morgan fingerprint density at radius 1 is 1.36 bits per heavy atom. The maximum atomic E-state index is 12.1. The summed E-state index contributed by atoms with van der Waals surface area (Å²) in [7, 11) is 1.67. The number of halogens is 1. The topological polar surface area (TPSA) is 107 Å². The first-order valence-corrected chi connectivity index (χ1v) is 12.9. The summed E-state index contributed by atoms with van der Waals surface area (Å²) in [5, 5.41) is 10.4. The number of benzene rings is 1. The highest BCUT2D eigenvalue weighted by atomic mass is 127. The summed E-state index contributed by atoms with van der Waals surface area (Å²) < 4.78 is 8.75. The van der Waals surface area contributed by atoms with Gasteiger partial charge >= 0.3 is 0 Å². The van der Waals surface area contributed by atoms with E-state index < -0.39 is 6.10 Å². The van der Waals surface area contributed by atoms with E-state index in [0.29, 0.717) is 24.8 Å². The normalized spacial score (nSPS) is 15.7. The second kappa shape index (κ2) is 10.5. The number of hydrogen-bond acceptors (Lipinski definition) is 7. The lowest BCUT2D eigenvalue weighted by Crippen LogP contribution is -2.43. The van der Waals surface area contributed by atoms with E-state index in [9.17, 15) is 9.90 Å². The maximum Gasteiger partial charge on any atom is 0.251 e. The number of imidazole rings is 1. The minimum absolute atomic E-state index is 0.177. The fourth-order valence-electron chi connectivity index (χ4n) is 4.15. The van der Waals surface area contributed by atoms with Gasteiger partial charge in [0.05, 0.1) is 12.6 Å². The molecule has 0 radical (unpaired) electrons. The van der Waals surface area contributed by atoms with Crippen LogP contribution in [0, 0.1) is 9.49 Å². The van der Waals surface area contributed by atoms with Crippen LogP contribution in [0.3, 0.4) is 0 Å². The molecule has 1 aromatic carbocycles. The Morgan fingerprint density at radius 2 is 2.12 bits per heavy atom. The second-order valence-corrected chi connectivity index (χ2v) is 10.4. The summed E-state index contributed by atoms with van der Waals surface area (Å²) >= 11 is 3.92. The van der Waals surface area contributed by atoms with Gasteiger partial charge in [0.1, 0.15) is 17.4 Å². The average Bonchev–Trinajstić information content (AvgIpc) is 3.17. The minimum Gasteiger partial charge on any atom is -0.497 e. The third-order valence-electron chi connectivity index (χ3n) is 6.04. The number of likely N-dealkylation sites (tertiary alicyclic amines) is 1. The number of aliphatic hydroxyl groups is 1. The maximum absolute atomic E-state index is 12.1. The van der Waals surface area contributed by atoms with Gasteiger partial charge in [-0.25, -0.2) is 9.97 Å². The number of nitrogens with two attached hydrogens (primary N) is 1. The van der Waals surface area contributed by atoms with Crippen molar-refractivity contribution in [1.29, 1.82) is 0 Å². The first kappa shape index (κ1) is 24.1. The van der Waals surface area contributed by atoms with Crippen LogP contribution in [0.15, 0.2) is 40.5 Å². The van der Waals surface area contributed by atoms with Crippen LogP contribution < -0.4 is 10.5 Å². The molecule has 33 heavy (non-hydrogen) atoms. The highest BCUT2D eigenvalue weighted by Crippen LogP contribution is 2.36. The fraction of sp³-hybridized carbons (Fsp3) is 0.435. The zero-order chi connectivity index (χ0) is 23.5. The van der Waals surface area contributed by atoms with E-state index in [1.54, 1.807) is 30.0 Å². The van der Waals surface area contributed by atoms with Gasteiger partial charge < -0.3 is 25.0 Å². The third kappa shape index (κ3) is 5.38. The zero-order valence-corrected chi connectivity index (χ0v) is 21.7. The largest absolute Gasteiger partial charge is 0.497 e. The molecule has 1 aliphatic rings. The first-order chi connectivity index (χ1) is 15.9. The van der Waals surface area contributed by atoms with Crippen LogP contribution in [0.5, 0.6) is 5.75 Å². The van der Waals surface area contributed by atoms with Crippen LogP contribution >= 0.6 is 34.4 Å². The number of piperidine rings is 1. The molecule has 1 saturated heterocycles. The van der Waals surface area contributed by atoms with Gasteiger partial charge in [-0.05, 0) is 79.0 Å². The molecular weight excluding hydrogens is 553 g/mol. The van der Waals surface area contributed by atoms with Crippen molar-refractivity contribution in [3.05, 3.63) is 34.0 Å². The van der Waals surface area contributed by atoms with Crippen molar-refractivity contribution in [2.75, 3.05) is 25.9 Å². The highest BCUT2D eigenvalue weighted by Gasteiger charge is 2.25. The van der Waals surface area contributed by atoms with E-state index in [1.807, 2.05) is 24.3 Å². The van der Waals surface area contributed by atoms with Crippen molar-refractivity contribution in [2.45, 2.75) is 48.9 Å². The van der Waals surface area contributed by atoms with Crippen molar-refractivity contribution in [3.8, 4) is 5.75 Å². The van der Waals surface area contributed by atoms with Crippen LogP contribution in [0.25, 0.3) is 11.0 Å². The number of rotatable bonds is 7. The Balaban J connectivity index is 1.54. The first-order valence-electron chi connectivity index (χ1n) is 11.0. The van der Waals surface area contributed by atoms with Crippen LogP contribution in [-0.4, -0.2) is 56.8 Å². The molecule has 0 bridgehead atoms. The number of carbonyl (C=O) groups excluding carboxylic acids is 1. The van der Waals surface area contributed by atoms with E-state index in [-0.39, 0.29) is 5.91 Å². The molecule has 3 aromatic rings.